The smallest absolute Gasteiger partial charge is 0.257 e. The number of carbonyl (C=O) groups is 1. The lowest BCUT2D eigenvalue weighted by atomic mass is 10.1. The number of carbonyl (C=O) groups excluding carboxylic acids is 1. The van der Waals surface area contributed by atoms with Gasteiger partial charge in [-0.3, -0.25) is 4.79 Å². The first-order valence-electron chi connectivity index (χ1n) is 7.92. The fourth-order valence-corrected chi connectivity index (χ4v) is 3.68. The van der Waals surface area contributed by atoms with Gasteiger partial charge in [0.15, 0.2) is 0 Å². The lowest BCUT2D eigenvalue weighted by Crippen LogP contribution is -2.30. The zero-order valence-corrected chi connectivity index (χ0v) is 14.6. The average Bonchev–Trinajstić information content (AvgIpc) is 3.07. The molecule has 0 saturated heterocycles. The molecule has 0 aliphatic carbocycles. The van der Waals surface area contributed by atoms with Crippen molar-refractivity contribution in [1.82, 2.24) is 4.72 Å². The second-order valence-corrected chi connectivity index (χ2v) is 7.56. The van der Waals surface area contributed by atoms with Crippen molar-refractivity contribution in [3.63, 3.8) is 0 Å². The van der Waals surface area contributed by atoms with Gasteiger partial charge < -0.3 is 4.74 Å². The predicted octanol–water partition coefficient (Wildman–Crippen LogP) is 2.15. The molecular formula is C19H16N2O4S. The molecule has 0 atom stereocenters. The summed E-state index contributed by atoms with van der Waals surface area (Å²) < 4.78 is 31.6. The Bertz CT molecular complexity index is 1000. The minimum Gasteiger partial charge on any atom is -0.493 e. The molecule has 1 aliphatic heterocycles. The van der Waals surface area contributed by atoms with Gasteiger partial charge in [0.1, 0.15) is 5.75 Å². The molecule has 7 heteroatoms. The Balaban J connectivity index is 1.61. The topological polar surface area (TPSA) is 96.3 Å². The lowest BCUT2D eigenvalue weighted by molar-refractivity contribution is -0.114. The maximum absolute atomic E-state index is 12.1. The Morgan fingerprint density at radius 1 is 1.23 bits per heavy atom. The van der Waals surface area contributed by atoms with Gasteiger partial charge in [0.2, 0.25) is 10.0 Å². The second kappa shape index (κ2) is 7.42. The Hall–Kier alpha value is -3.11. The number of hydrogen-bond donors (Lipinski definition) is 1. The molecule has 0 spiro atoms. The first-order chi connectivity index (χ1) is 12.4. The van der Waals surface area contributed by atoms with Crippen LogP contribution in [0, 0.1) is 11.3 Å². The van der Waals surface area contributed by atoms with Crippen LogP contribution in [-0.2, 0) is 27.0 Å². The normalized spacial score (nSPS) is 13.0. The Labute approximate surface area is 151 Å². The van der Waals surface area contributed by atoms with E-state index in [1.807, 2.05) is 22.9 Å². The molecule has 2 aromatic rings. The minimum atomic E-state index is -3.82. The summed E-state index contributed by atoms with van der Waals surface area (Å²) in [5, 5.41) is 8.74. The van der Waals surface area contributed by atoms with Crippen LogP contribution in [0.2, 0.25) is 0 Å². The van der Waals surface area contributed by atoms with E-state index in [0.29, 0.717) is 17.7 Å². The Morgan fingerprint density at radius 3 is 2.73 bits per heavy atom. The molecule has 0 fully saturated rings. The number of ether oxygens (including phenoxy) is 1. The molecule has 1 heterocycles. The van der Waals surface area contributed by atoms with E-state index in [1.54, 1.807) is 24.3 Å². The summed E-state index contributed by atoms with van der Waals surface area (Å²) in [6.45, 7) is 0.649. The molecule has 0 bridgehead atoms. The maximum atomic E-state index is 12.1. The van der Waals surface area contributed by atoms with Crippen LogP contribution in [0.25, 0.3) is 6.08 Å². The number of amides is 1. The van der Waals surface area contributed by atoms with Crippen LogP contribution in [0.15, 0.2) is 48.5 Å². The highest BCUT2D eigenvalue weighted by Gasteiger charge is 2.14. The molecule has 6 nitrogen and oxygen atoms in total. The van der Waals surface area contributed by atoms with Gasteiger partial charge in [0.25, 0.3) is 5.91 Å². The second-order valence-electron chi connectivity index (χ2n) is 5.83. The van der Waals surface area contributed by atoms with Gasteiger partial charge in [-0.05, 0) is 47.0 Å². The molecule has 0 aromatic heterocycles. The number of sulfonamides is 1. The van der Waals surface area contributed by atoms with Crippen LogP contribution < -0.4 is 9.46 Å². The van der Waals surface area contributed by atoms with E-state index in [0.717, 1.165) is 23.3 Å². The molecule has 3 rings (SSSR count). The van der Waals surface area contributed by atoms with E-state index in [9.17, 15) is 13.2 Å². The van der Waals surface area contributed by atoms with Crippen LogP contribution in [-0.4, -0.2) is 20.9 Å². The van der Waals surface area contributed by atoms with Gasteiger partial charge in [-0.2, -0.15) is 5.26 Å². The van der Waals surface area contributed by atoms with Crippen LogP contribution in [0.3, 0.4) is 0 Å². The van der Waals surface area contributed by atoms with E-state index in [-0.39, 0.29) is 5.75 Å². The van der Waals surface area contributed by atoms with Crippen molar-refractivity contribution < 1.29 is 17.9 Å². The quantitative estimate of drug-likeness (QED) is 0.816. The SMILES string of the molecule is N#Cc1ccc(CS(=O)(=O)NC(=O)/C=C/c2ccc3c(c2)CCO3)cc1. The molecule has 0 radical (unpaired) electrons. The van der Waals surface area contributed by atoms with Crippen LogP contribution in [0.5, 0.6) is 5.75 Å². The van der Waals surface area contributed by atoms with Gasteiger partial charge in [-0.15, -0.1) is 0 Å². The number of nitrogens with one attached hydrogen (secondary N) is 1. The number of nitriles is 1. The molecular weight excluding hydrogens is 352 g/mol. The number of nitrogens with zero attached hydrogens (tertiary/aromatic N) is 1. The van der Waals surface area contributed by atoms with Crippen molar-refractivity contribution in [2.45, 2.75) is 12.2 Å². The summed E-state index contributed by atoms with van der Waals surface area (Å²) in [5.74, 6) is -0.207. The molecule has 1 aliphatic rings. The van der Waals surface area contributed by atoms with Crippen molar-refractivity contribution in [1.29, 1.82) is 5.26 Å². The van der Waals surface area contributed by atoms with Gasteiger partial charge in [-0.25, -0.2) is 13.1 Å². The standard InChI is InChI=1S/C19H16N2O4S/c20-12-15-1-3-16(4-2-15)13-26(23,24)21-19(22)8-6-14-5-7-18-17(11-14)9-10-25-18/h1-8,11H,9-10,13H2,(H,21,22)/b8-6+. The first kappa shape index (κ1) is 17.7. The molecule has 0 unspecified atom stereocenters. The van der Waals surface area contributed by atoms with E-state index >= 15 is 0 Å². The van der Waals surface area contributed by atoms with E-state index in [1.165, 1.54) is 18.2 Å². The molecule has 2 aromatic carbocycles. The van der Waals surface area contributed by atoms with Crippen molar-refractivity contribution in [2.75, 3.05) is 6.61 Å². The monoisotopic (exact) mass is 368 g/mol. The van der Waals surface area contributed by atoms with Crippen molar-refractivity contribution in [3.05, 3.63) is 70.8 Å². The molecule has 1 N–H and O–H groups in total. The van der Waals surface area contributed by atoms with Crippen LogP contribution in [0.4, 0.5) is 0 Å². The molecule has 132 valence electrons. The van der Waals surface area contributed by atoms with E-state index < -0.39 is 15.9 Å². The lowest BCUT2D eigenvalue weighted by Gasteiger charge is -2.05. The van der Waals surface area contributed by atoms with Crippen molar-refractivity contribution >= 4 is 22.0 Å². The molecule has 26 heavy (non-hydrogen) atoms. The molecule has 0 saturated carbocycles. The zero-order chi connectivity index (χ0) is 18.6. The predicted molar refractivity (Wildman–Crippen MR) is 96.6 cm³/mol. The summed E-state index contributed by atoms with van der Waals surface area (Å²) in [4.78, 5) is 11.9. The summed E-state index contributed by atoms with van der Waals surface area (Å²) in [6.07, 6.45) is 3.57. The number of fused-ring (bicyclic) bond motifs is 1. The van der Waals surface area contributed by atoms with Crippen LogP contribution in [0.1, 0.15) is 22.3 Å². The summed E-state index contributed by atoms with van der Waals surface area (Å²) in [5.41, 5.74) is 2.81. The minimum absolute atomic E-state index is 0.339. The van der Waals surface area contributed by atoms with Gasteiger partial charge >= 0.3 is 0 Å². The summed E-state index contributed by atoms with van der Waals surface area (Å²) in [6, 6.07) is 13.7. The van der Waals surface area contributed by atoms with Gasteiger partial charge in [0.05, 0.1) is 24.0 Å². The Kier molecular flexibility index (Phi) is 5.05. The molecule has 1 amide bonds. The first-order valence-corrected chi connectivity index (χ1v) is 9.58. The van der Waals surface area contributed by atoms with Crippen molar-refractivity contribution in [2.24, 2.45) is 0 Å². The van der Waals surface area contributed by atoms with E-state index in [4.69, 9.17) is 10.00 Å². The highest BCUT2D eigenvalue weighted by Crippen LogP contribution is 2.26. The highest BCUT2D eigenvalue weighted by molar-refractivity contribution is 7.89. The largest absolute Gasteiger partial charge is 0.493 e. The fraction of sp³-hybridized carbons (Fsp3) is 0.158. The third kappa shape index (κ3) is 4.49. The average molecular weight is 368 g/mol. The third-order valence-corrected chi connectivity index (χ3v) is 5.06. The number of benzene rings is 2. The maximum Gasteiger partial charge on any atom is 0.257 e. The van der Waals surface area contributed by atoms with E-state index in [2.05, 4.69) is 0 Å². The number of hydrogen-bond acceptors (Lipinski definition) is 5. The summed E-state index contributed by atoms with van der Waals surface area (Å²) >= 11 is 0. The van der Waals surface area contributed by atoms with Crippen LogP contribution >= 0.6 is 0 Å². The fourth-order valence-electron chi connectivity index (χ4n) is 2.60. The zero-order valence-electron chi connectivity index (χ0n) is 13.8. The van der Waals surface area contributed by atoms with Crippen molar-refractivity contribution in [3.8, 4) is 11.8 Å². The van der Waals surface area contributed by atoms with Gasteiger partial charge in [0, 0.05) is 12.5 Å². The van der Waals surface area contributed by atoms with Gasteiger partial charge in [-0.1, -0.05) is 18.2 Å². The Morgan fingerprint density at radius 2 is 2.00 bits per heavy atom. The highest BCUT2D eigenvalue weighted by atomic mass is 32.2. The summed E-state index contributed by atoms with van der Waals surface area (Å²) in [7, 11) is -3.82. The number of rotatable bonds is 5. The third-order valence-electron chi connectivity index (χ3n) is 3.84.